The van der Waals surface area contributed by atoms with E-state index in [4.69, 9.17) is 0 Å². The first kappa shape index (κ1) is 22.2. The van der Waals surface area contributed by atoms with E-state index < -0.39 is 0 Å². The molecule has 0 radical (unpaired) electrons. The Hall–Kier alpha value is -2.99. The van der Waals surface area contributed by atoms with Crippen LogP contribution >= 0.6 is 0 Å². The normalized spacial score (nSPS) is 16.4. The van der Waals surface area contributed by atoms with Crippen LogP contribution < -0.4 is 10.6 Å². The molecule has 0 bridgehead atoms. The van der Waals surface area contributed by atoms with Crippen LogP contribution in [0.15, 0.2) is 48.5 Å². The third-order valence-electron chi connectivity index (χ3n) is 6.38. The van der Waals surface area contributed by atoms with Gasteiger partial charge in [-0.1, -0.05) is 30.3 Å². The Kier molecular flexibility index (Phi) is 7.32. The lowest BCUT2D eigenvalue weighted by molar-refractivity contribution is -0.122. The van der Waals surface area contributed by atoms with Crippen LogP contribution in [0, 0.1) is 0 Å². The average molecular weight is 434 g/mol. The number of anilines is 1. The van der Waals surface area contributed by atoms with Gasteiger partial charge in [-0.3, -0.25) is 19.3 Å². The fraction of sp³-hybridized carbons (Fsp3) is 0.423. The van der Waals surface area contributed by atoms with E-state index in [1.807, 2.05) is 42.5 Å². The lowest BCUT2D eigenvalue weighted by Gasteiger charge is -2.31. The van der Waals surface area contributed by atoms with E-state index in [-0.39, 0.29) is 36.5 Å². The number of benzene rings is 2. The molecule has 2 N–H and O–H groups in total. The van der Waals surface area contributed by atoms with E-state index in [1.54, 1.807) is 0 Å². The number of ketones is 1. The number of para-hydroxylation sites is 1. The van der Waals surface area contributed by atoms with Crippen molar-refractivity contribution in [2.24, 2.45) is 0 Å². The summed E-state index contributed by atoms with van der Waals surface area (Å²) in [5.74, 6) is -0.0577. The maximum Gasteiger partial charge on any atom is 0.238 e. The smallest absolute Gasteiger partial charge is 0.238 e. The number of carbonyl (C=O) groups excluding carboxylic acids is 3. The average Bonchev–Trinajstić information content (AvgIpc) is 3.27. The van der Waals surface area contributed by atoms with Gasteiger partial charge in [-0.25, -0.2) is 0 Å². The van der Waals surface area contributed by atoms with Crippen molar-refractivity contribution >= 4 is 23.3 Å². The predicted molar refractivity (Wildman–Crippen MR) is 125 cm³/mol. The molecule has 2 aliphatic rings. The quantitative estimate of drug-likeness (QED) is 0.626. The van der Waals surface area contributed by atoms with Crippen molar-refractivity contribution < 1.29 is 14.4 Å². The third-order valence-corrected chi connectivity index (χ3v) is 6.38. The lowest BCUT2D eigenvalue weighted by atomic mass is 10.0. The maximum atomic E-state index is 12.5. The number of nitrogens with one attached hydrogen (secondary N) is 2. The highest BCUT2D eigenvalue weighted by molar-refractivity contribution is 5.98. The van der Waals surface area contributed by atoms with Gasteiger partial charge in [0.05, 0.1) is 6.54 Å². The highest BCUT2D eigenvalue weighted by atomic mass is 16.2. The van der Waals surface area contributed by atoms with E-state index in [2.05, 4.69) is 21.6 Å². The first-order chi connectivity index (χ1) is 15.6. The highest BCUT2D eigenvalue weighted by Gasteiger charge is 2.22. The third kappa shape index (κ3) is 6.04. The minimum Gasteiger partial charge on any atom is -0.353 e. The molecule has 1 aliphatic heterocycles. The van der Waals surface area contributed by atoms with Crippen molar-refractivity contribution in [2.75, 3.05) is 25.0 Å². The number of hydrogen-bond donors (Lipinski definition) is 2. The minimum atomic E-state index is -0.0696. The van der Waals surface area contributed by atoms with Gasteiger partial charge in [0.15, 0.2) is 5.78 Å². The molecule has 2 aromatic carbocycles. The summed E-state index contributed by atoms with van der Waals surface area (Å²) in [6.07, 6.45) is 5.38. The second kappa shape index (κ2) is 10.6. The van der Waals surface area contributed by atoms with Crippen LogP contribution in [0.1, 0.15) is 53.6 Å². The number of amides is 2. The molecule has 2 aromatic rings. The van der Waals surface area contributed by atoms with Crippen molar-refractivity contribution in [3.63, 3.8) is 0 Å². The Morgan fingerprint density at radius 1 is 0.875 bits per heavy atom. The molecule has 1 heterocycles. The van der Waals surface area contributed by atoms with Gasteiger partial charge in [-0.15, -0.1) is 0 Å². The summed E-state index contributed by atoms with van der Waals surface area (Å²) in [7, 11) is 0. The van der Waals surface area contributed by atoms with Crippen molar-refractivity contribution in [2.45, 2.75) is 51.0 Å². The molecule has 0 saturated carbocycles. The largest absolute Gasteiger partial charge is 0.353 e. The zero-order valence-corrected chi connectivity index (χ0v) is 18.4. The topological polar surface area (TPSA) is 78.5 Å². The molecule has 0 atom stereocenters. The zero-order valence-electron chi connectivity index (χ0n) is 18.4. The van der Waals surface area contributed by atoms with Crippen LogP contribution in [0.5, 0.6) is 0 Å². The summed E-state index contributed by atoms with van der Waals surface area (Å²) in [5, 5.41) is 5.97. The van der Waals surface area contributed by atoms with Gasteiger partial charge in [0, 0.05) is 43.2 Å². The van der Waals surface area contributed by atoms with Crippen LogP contribution in [0.25, 0.3) is 0 Å². The van der Waals surface area contributed by atoms with E-state index >= 15 is 0 Å². The minimum absolute atomic E-state index is 0.0243. The van der Waals surface area contributed by atoms with E-state index in [0.29, 0.717) is 6.54 Å². The molecular formula is C26H31N3O3. The summed E-state index contributed by atoms with van der Waals surface area (Å²) in [4.78, 5) is 39.2. The molecule has 32 heavy (non-hydrogen) atoms. The number of Topliss-reactive ketones (excluding diaryl/α,β-unsaturated/α-hetero) is 1. The number of hydrogen-bond acceptors (Lipinski definition) is 4. The Morgan fingerprint density at radius 3 is 2.41 bits per heavy atom. The summed E-state index contributed by atoms with van der Waals surface area (Å²) in [6, 6.07) is 15.5. The fourth-order valence-electron chi connectivity index (χ4n) is 4.58. The SMILES string of the molecule is O=C(CN1CCC(NC(=O)CCC(=O)c2ccc3c(c2)CCC3)CC1)Nc1ccccc1. The van der Waals surface area contributed by atoms with E-state index in [0.717, 1.165) is 56.4 Å². The predicted octanol–water partition coefficient (Wildman–Crippen LogP) is 3.36. The van der Waals surface area contributed by atoms with Crippen molar-refractivity contribution in [1.82, 2.24) is 10.2 Å². The van der Waals surface area contributed by atoms with Crippen LogP contribution in [0.3, 0.4) is 0 Å². The number of nitrogens with zero attached hydrogens (tertiary/aromatic N) is 1. The van der Waals surface area contributed by atoms with Crippen molar-refractivity contribution in [1.29, 1.82) is 0 Å². The summed E-state index contributed by atoms with van der Waals surface area (Å²) in [6.45, 7) is 1.88. The van der Waals surface area contributed by atoms with E-state index in [1.165, 1.54) is 11.1 Å². The second-order valence-corrected chi connectivity index (χ2v) is 8.79. The van der Waals surface area contributed by atoms with Gasteiger partial charge in [-0.05, 0) is 61.4 Å². The molecule has 0 unspecified atom stereocenters. The molecule has 1 saturated heterocycles. The lowest BCUT2D eigenvalue weighted by Crippen LogP contribution is -2.46. The van der Waals surface area contributed by atoms with Crippen LogP contribution in [0.2, 0.25) is 0 Å². The molecular weight excluding hydrogens is 402 g/mol. The van der Waals surface area contributed by atoms with Gasteiger partial charge in [-0.2, -0.15) is 0 Å². The van der Waals surface area contributed by atoms with E-state index in [9.17, 15) is 14.4 Å². The Bertz CT molecular complexity index is 966. The molecule has 1 aliphatic carbocycles. The molecule has 6 heteroatoms. The maximum absolute atomic E-state index is 12.5. The first-order valence-corrected chi connectivity index (χ1v) is 11.6. The number of piperidine rings is 1. The number of carbonyl (C=O) groups is 3. The number of fused-ring (bicyclic) bond motifs is 1. The van der Waals surface area contributed by atoms with Gasteiger partial charge in [0.1, 0.15) is 0 Å². The van der Waals surface area contributed by atoms with Gasteiger partial charge < -0.3 is 10.6 Å². The summed E-state index contributed by atoms with van der Waals surface area (Å²) in [5.41, 5.74) is 4.15. The van der Waals surface area contributed by atoms with Crippen LogP contribution in [-0.4, -0.2) is 48.2 Å². The molecule has 1 fully saturated rings. The van der Waals surface area contributed by atoms with Crippen molar-refractivity contribution in [3.8, 4) is 0 Å². The number of likely N-dealkylation sites (tertiary alicyclic amines) is 1. The summed E-state index contributed by atoms with van der Waals surface area (Å²) < 4.78 is 0. The first-order valence-electron chi connectivity index (χ1n) is 11.6. The van der Waals surface area contributed by atoms with Crippen LogP contribution in [-0.2, 0) is 22.4 Å². The van der Waals surface area contributed by atoms with Gasteiger partial charge >= 0.3 is 0 Å². The molecule has 0 spiro atoms. The van der Waals surface area contributed by atoms with Gasteiger partial charge in [0.25, 0.3) is 0 Å². The standard InChI is InChI=1S/C26H31N3O3/c30-24(21-10-9-19-5-4-6-20(19)17-21)11-12-25(31)27-23-13-15-29(16-14-23)18-26(32)28-22-7-2-1-3-8-22/h1-3,7-10,17,23H,4-6,11-16,18H2,(H,27,31)(H,28,32). The molecule has 4 rings (SSSR count). The fourth-order valence-corrected chi connectivity index (χ4v) is 4.58. The molecule has 2 amide bonds. The zero-order chi connectivity index (χ0) is 22.3. The molecule has 0 aromatic heterocycles. The monoisotopic (exact) mass is 433 g/mol. The summed E-state index contributed by atoms with van der Waals surface area (Å²) >= 11 is 0. The number of aryl methyl sites for hydroxylation is 2. The second-order valence-electron chi connectivity index (χ2n) is 8.79. The van der Waals surface area contributed by atoms with Gasteiger partial charge in [0.2, 0.25) is 11.8 Å². The Morgan fingerprint density at radius 2 is 1.62 bits per heavy atom. The highest BCUT2D eigenvalue weighted by Crippen LogP contribution is 2.23. The molecule has 6 nitrogen and oxygen atoms in total. The van der Waals surface area contributed by atoms with Crippen LogP contribution in [0.4, 0.5) is 5.69 Å². The van der Waals surface area contributed by atoms with Crippen molar-refractivity contribution in [3.05, 3.63) is 65.2 Å². The molecule has 168 valence electrons. The number of rotatable bonds is 8. The Balaban J connectivity index is 1.14. The Labute approximate surface area is 189 Å².